The van der Waals surface area contributed by atoms with Crippen molar-refractivity contribution in [3.8, 4) is 17.3 Å². The van der Waals surface area contributed by atoms with Crippen LogP contribution in [0.2, 0.25) is 0 Å². The van der Waals surface area contributed by atoms with E-state index in [1.807, 2.05) is 18.3 Å². The molecule has 0 spiro atoms. The number of pyridine rings is 1. The maximum absolute atomic E-state index is 5.57. The molecule has 1 atom stereocenters. The highest BCUT2D eigenvalue weighted by atomic mass is 16.5. The molecular weight excluding hydrogens is 322 g/mol. The molecule has 1 aliphatic rings. The molecule has 25 heavy (non-hydrogen) atoms. The summed E-state index contributed by atoms with van der Waals surface area (Å²) in [7, 11) is 1.60. The lowest BCUT2D eigenvalue weighted by Gasteiger charge is -2.07. The molecule has 0 N–H and O–H groups in total. The Morgan fingerprint density at radius 3 is 3.12 bits per heavy atom. The van der Waals surface area contributed by atoms with Crippen molar-refractivity contribution in [2.24, 2.45) is 0 Å². The number of aryl methyl sites for hydroxylation is 2. The number of nitrogens with zero attached hydrogens (tertiary/aromatic N) is 5. The SMILES string of the molecule is COc1cc(-c2nccn2CCc2noc(C3CCCO3)n2)ccn1. The summed E-state index contributed by atoms with van der Waals surface area (Å²) in [5.41, 5.74) is 0.949. The van der Waals surface area contributed by atoms with Gasteiger partial charge >= 0.3 is 0 Å². The van der Waals surface area contributed by atoms with Crippen molar-refractivity contribution in [3.63, 3.8) is 0 Å². The average molecular weight is 341 g/mol. The van der Waals surface area contributed by atoms with E-state index >= 15 is 0 Å². The summed E-state index contributed by atoms with van der Waals surface area (Å²) >= 11 is 0. The first-order chi connectivity index (χ1) is 12.3. The van der Waals surface area contributed by atoms with Gasteiger partial charge in [-0.25, -0.2) is 9.97 Å². The molecule has 0 aliphatic carbocycles. The highest BCUT2D eigenvalue weighted by Gasteiger charge is 2.23. The Morgan fingerprint density at radius 2 is 2.28 bits per heavy atom. The second-order valence-electron chi connectivity index (χ2n) is 5.83. The van der Waals surface area contributed by atoms with Gasteiger partial charge in [-0.05, 0) is 18.9 Å². The summed E-state index contributed by atoms with van der Waals surface area (Å²) in [6, 6.07) is 3.77. The van der Waals surface area contributed by atoms with Gasteiger partial charge in [-0.3, -0.25) is 0 Å². The largest absolute Gasteiger partial charge is 0.481 e. The molecule has 1 saturated heterocycles. The molecule has 8 heteroatoms. The van der Waals surface area contributed by atoms with E-state index < -0.39 is 0 Å². The van der Waals surface area contributed by atoms with Crippen molar-refractivity contribution in [3.05, 3.63) is 42.4 Å². The van der Waals surface area contributed by atoms with Gasteiger partial charge in [-0.2, -0.15) is 4.98 Å². The minimum Gasteiger partial charge on any atom is -0.481 e. The molecule has 0 radical (unpaired) electrons. The molecular formula is C17H19N5O3. The first-order valence-corrected chi connectivity index (χ1v) is 8.29. The van der Waals surface area contributed by atoms with Gasteiger partial charge in [0.1, 0.15) is 11.9 Å². The smallest absolute Gasteiger partial charge is 0.255 e. The van der Waals surface area contributed by atoms with E-state index in [-0.39, 0.29) is 6.10 Å². The molecule has 4 rings (SSSR count). The zero-order valence-corrected chi connectivity index (χ0v) is 14.0. The van der Waals surface area contributed by atoms with Crippen LogP contribution in [0.1, 0.15) is 30.7 Å². The minimum atomic E-state index is -0.0469. The lowest BCUT2D eigenvalue weighted by Crippen LogP contribution is -2.04. The maximum Gasteiger partial charge on any atom is 0.255 e. The summed E-state index contributed by atoms with van der Waals surface area (Å²) in [5.74, 6) is 2.67. The summed E-state index contributed by atoms with van der Waals surface area (Å²) in [6.45, 7) is 1.46. The van der Waals surface area contributed by atoms with Crippen LogP contribution in [-0.4, -0.2) is 38.4 Å². The Hall–Kier alpha value is -2.74. The molecule has 0 bridgehead atoms. The molecule has 0 amide bonds. The van der Waals surface area contributed by atoms with Gasteiger partial charge in [-0.1, -0.05) is 5.16 Å². The van der Waals surface area contributed by atoms with Crippen LogP contribution in [0.25, 0.3) is 11.4 Å². The molecule has 3 aromatic rings. The fourth-order valence-corrected chi connectivity index (χ4v) is 2.90. The predicted octanol–water partition coefficient (Wildman–Crippen LogP) is 2.43. The van der Waals surface area contributed by atoms with Gasteiger partial charge in [0.25, 0.3) is 5.89 Å². The van der Waals surface area contributed by atoms with Crippen LogP contribution < -0.4 is 4.74 Å². The Morgan fingerprint density at radius 1 is 1.32 bits per heavy atom. The van der Waals surface area contributed by atoms with Crippen LogP contribution in [0.3, 0.4) is 0 Å². The topological polar surface area (TPSA) is 88.1 Å². The van der Waals surface area contributed by atoms with Crippen molar-refractivity contribution in [2.45, 2.75) is 31.9 Å². The third kappa shape index (κ3) is 3.39. The van der Waals surface area contributed by atoms with Crippen molar-refractivity contribution in [1.82, 2.24) is 24.7 Å². The molecule has 0 saturated carbocycles. The standard InChI is InChI=1S/C17H19N5O3/c1-23-15-11-12(4-6-18-15)16-19-7-9-22(16)8-5-14-20-17(25-21-14)13-3-2-10-24-13/h4,6-7,9,11,13H,2-3,5,8,10H2,1H3. The lowest BCUT2D eigenvalue weighted by atomic mass is 10.2. The van der Waals surface area contributed by atoms with Crippen LogP contribution in [0.4, 0.5) is 0 Å². The maximum atomic E-state index is 5.57. The summed E-state index contributed by atoms with van der Waals surface area (Å²) in [4.78, 5) is 13.0. The van der Waals surface area contributed by atoms with Gasteiger partial charge in [0, 0.05) is 49.8 Å². The predicted molar refractivity (Wildman–Crippen MR) is 87.9 cm³/mol. The number of hydrogen-bond acceptors (Lipinski definition) is 7. The Labute approximate surface area is 144 Å². The molecule has 3 aromatic heterocycles. The highest BCUT2D eigenvalue weighted by molar-refractivity contribution is 5.56. The van der Waals surface area contributed by atoms with E-state index in [1.54, 1.807) is 19.5 Å². The fraction of sp³-hybridized carbons (Fsp3) is 0.412. The lowest BCUT2D eigenvalue weighted by molar-refractivity contribution is 0.0835. The van der Waals surface area contributed by atoms with E-state index in [0.717, 1.165) is 30.8 Å². The molecule has 1 unspecified atom stereocenters. The van der Waals surface area contributed by atoms with Crippen LogP contribution in [0.15, 0.2) is 35.2 Å². The number of hydrogen-bond donors (Lipinski definition) is 0. The van der Waals surface area contributed by atoms with Crippen LogP contribution in [0, 0.1) is 0 Å². The normalized spacial score (nSPS) is 17.1. The van der Waals surface area contributed by atoms with Gasteiger partial charge in [0.15, 0.2) is 5.82 Å². The van der Waals surface area contributed by atoms with E-state index in [4.69, 9.17) is 14.0 Å². The number of rotatable bonds is 6. The molecule has 0 aromatic carbocycles. The average Bonchev–Trinajstić information content (AvgIpc) is 3.40. The van der Waals surface area contributed by atoms with Gasteiger partial charge in [-0.15, -0.1) is 0 Å². The fourth-order valence-electron chi connectivity index (χ4n) is 2.90. The first-order valence-electron chi connectivity index (χ1n) is 8.29. The number of imidazole rings is 1. The summed E-state index contributed by atoms with van der Waals surface area (Å²) < 4.78 is 18.1. The number of methoxy groups -OCH3 is 1. The van der Waals surface area contributed by atoms with E-state index in [2.05, 4.69) is 24.7 Å². The van der Waals surface area contributed by atoms with Crippen molar-refractivity contribution < 1.29 is 14.0 Å². The van der Waals surface area contributed by atoms with Crippen LogP contribution in [0.5, 0.6) is 5.88 Å². The second kappa shape index (κ2) is 7.02. The van der Waals surface area contributed by atoms with Gasteiger partial charge in [0.05, 0.1) is 7.11 Å². The second-order valence-corrected chi connectivity index (χ2v) is 5.83. The minimum absolute atomic E-state index is 0.0469. The third-order valence-corrected chi connectivity index (χ3v) is 4.18. The molecule has 8 nitrogen and oxygen atoms in total. The summed E-state index contributed by atoms with van der Waals surface area (Å²) in [5, 5.41) is 4.06. The van der Waals surface area contributed by atoms with E-state index in [0.29, 0.717) is 30.6 Å². The Kier molecular flexibility index (Phi) is 4.43. The summed E-state index contributed by atoms with van der Waals surface area (Å²) in [6.07, 6.45) is 8.00. The number of ether oxygens (including phenoxy) is 2. The van der Waals surface area contributed by atoms with Crippen molar-refractivity contribution in [2.75, 3.05) is 13.7 Å². The van der Waals surface area contributed by atoms with Crippen molar-refractivity contribution in [1.29, 1.82) is 0 Å². The Balaban J connectivity index is 1.46. The monoisotopic (exact) mass is 341 g/mol. The molecule has 1 fully saturated rings. The molecule has 1 aliphatic heterocycles. The Bertz CT molecular complexity index is 838. The van der Waals surface area contributed by atoms with E-state index in [9.17, 15) is 0 Å². The van der Waals surface area contributed by atoms with Gasteiger partial charge in [0.2, 0.25) is 5.88 Å². The van der Waals surface area contributed by atoms with Crippen molar-refractivity contribution >= 4 is 0 Å². The quantitative estimate of drug-likeness (QED) is 0.680. The van der Waals surface area contributed by atoms with Crippen LogP contribution in [-0.2, 0) is 17.7 Å². The molecule has 4 heterocycles. The van der Waals surface area contributed by atoms with Gasteiger partial charge < -0.3 is 18.6 Å². The van der Waals surface area contributed by atoms with E-state index in [1.165, 1.54) is 0 Å². The van der Waals surface area contributed by atoms with Crippen LogP contribution >= 0.6 is 0 Å². The number of aromatic nitrogens is 5. The zero-order chi connectivity index (χ0) is 17.1. The first kappa shape index (κ1) is 15.8. The molecule has 130 valence electrons. The highest BCUT2D eigenvalue weighted by Crippen LogP contribution is 2.27. The third-order valence-electron chi connectivity index (χ3n) is 4.18. The zero-order valence-electron chi connectivity index (χ0n) is 14.0.